The normalized spacial score (nSPS) is 17.9. The maximum absolute atomic E-state index is 13.6. The van der Waals surface area contributed by atoms with Crippen LogP contribution in [0.3, 0.4) is 0 Å². The zero-order valence-electron chi connectivity index (χ0n) is 21.5. The van der Waals surface area contributed by atoms with Crippen molar-refractivity contribution in [3.63, 3.8) is 0 Å². The Morgan fingerprint density at radius 3 is 2.24 bits per heavy atom. The number of carboxylic acids is 1. The van der Waals surface area contributed by atoms with Crippen LogP contribution in [0.15, 0.2) is 47.9 Å². The molecule has 38 heavy (non-hydrogen) atoms. The number of hydroxylamine groups is 2. The predicted octanol–water partition coefficient (Wildman–Crippen LogP) is 1.70. The van der Waals surface area contributed by atoms with E-state index in [0.29, 0.717) is 10.1 Å². The van der Waals surface area contributed by atoms with Crippen molar-refractivity contribution >= 4 is 33.5 Å². The summed E-state index contributed by atoms with van der Waals surface area (Å²) >= 11 is 0. The molecule has 1 unspecified atom stereocenters. The van der Waals surface area contributed by atoms with Crippen molar-refractivity contribution in [2.24, 2.45) is 5.10 Å². The van der Waals surface area contributed by atoms with Crippen molar-refractivity contribution in [2.45, 2.75) is 57.3 Å². The second-order valence-electron chi connectivity index (χ2n) is 9.56. The van der Waals surface area contributed by atoms with Gasteiger partial charge >= 0.3 is 17.9 Å². The summed E-state index contributed by atoms with van der Waals surface area (Å²) in [6.45, 7) is 6.05. The second kappa shape index (κ2) is 10.1. The molecule has 1 aromatic heterocycles. The van der Waals surface area contributed by atoms with E-state index in [1.165, 1.54) is 38.1 Å². The number of sulfone groups is 1. The topological polar surface area (TPSA) is 186 Å². The first kappa shape index (κ1) is 28.6. The highest BCUT2D eigenvalue weighted by Crippen LogP contribution is 2.33. The van der Waals surface area contributed by atoms with E-state index in [2.05, 4.69) is 5.10 Å². The molecule has 0 aliphatic carbocycles. The smallest absolute Gasteiger partial charge is 0.480 e. The van der Waals surface area contributed by atoms with Gasteiger partial charge in [-0.25, -0.2) is 23.0 Å². The molecular formula is C23H27N3O11S. The molecule has 14 nitrogen and oxygen atoms in total. The first-order chi connectivity index (χ1) is 17.4. The monoisotopic (exact) mass is 553 g/mol. The molecule has 1 atom stereocenters. The van der Waals surface area contributed by atoms with Crippen LogP contribution in [-0.2, 0) is 35.6 Å². The standard InChI is InChI=1S/C23H27N3O11S/c1-13-16(36-21(31)35-13)12-34-26(20(30)37-22(2,3)4)23(5)18(24-25(19(23)29)11-17(27)28)14-7-9-15(10-8-14)38(6,32)33/h7-10H,11-12H2,1-6H3,(H,27,28). The molecule has 0 spiro atoms. The number of amides is 2. The molecule has 2 aromatic rings. The van der Waals surface area contributed by atoms with E-state index in [1.807, 2.05) is 0 Å². The highest BCUT2D eigenvalue weighted by atomic mass is 32.2. The Balaban J connectivity index is 2.14. The van der Waals surface area contributed by atoms with Crippen LogP contribution in [0, 0.1) is 6.92 Å². The highest BCUT2D eigenvalue weighted by Gasteiger charge is 2.56. The molecule has 1 N–H and O–H groups in total. The summed E-state index contributed by atoms with van der Waals surface area (Å²) in [6, 6.07) is 5.27. The van der Waals surface area contributed by atoms with E-state index in [1.54, 1.807) is 20.8 Å². The number of hydrogen-bond acceptors (Lipinski definition) is 11. The molecule has 0 bridgehead atoms. The van der Waals surface area contributed by atoms with Crippen LogP contribution in [-0.4, -0.2) is 71.2 Å². The molecule has 206 valence electrons. The Morgan fingerprint density at radius 2 is 1.76 bits per heavy atom. The molecule has 0 saturated heterocycles. The molecule has 3 rings (SSSR count). The van der Waals surface area contributed by atoms with Crippen molar-refractivity contribution in [3.8, 4) is 0 Å². The Bertz CT molecular complexity index is 1450. The van der Waals surface area contributed by atoms with Crippen LogP contribution >= 0.6 is 0 Å². The van der Waals surface area contributed by atoms with E-state index in [4.69, 9.17) is 18.4 Å². The van der Waals surface area contributed by atoms with Gasteiger partial charge in [0.15, 0.2) is 21.1 Å². The number of hydrogen-bond donors (Lipinski definition) is 1. The number of aryl methyl sites for hydroxylation is 1. The largest absolute Gasteiger partial charge is 0.519 e. The first-order valence-corrected chi connectivity index (χ1v) is 13.0. The van der Waals surface area contributed by atoms with Gasteiger partial charge in [-0.1, -0.05) is 12.1 Å². The molecule has 0 radical (unpaired) electrons. The molecular weight excluding hydrogens is 526 g/mol. The van der Waals surface area contributed by atoms with E-state index in [0.717, 1.165) is 6.26 Å². The SMILES string of the molecule is Cc1oc(=O)oc1CON(C(=O)OC(C)(C)C)C1(C)C(=O)N(CC(=O)O)N=C1c1ccc(S(C)(=O)=O)cc1. The van der Waals surface area contributed by atoms with E-state index in [9.17, 15) is 32.7 Å². The van der Waals surface area contributed by atoms with Crippen molar-refractivity contribution in [1.82, 2.24) is 10.1 Å². The minimum Gasteiger partial charge on any atom is -0.480 e. The molecule has 2 heterocycles. The molecule has 0 saturated carbocycles. The Labute approximate surface area is 217 Å². The summed E-state index contributed by atoms with van der Waals surface area (Å²) in [5.41, 5.74) is -3.06. The lowest BCUT2D eigenvalue weighted by atomic mass is 9.90. The maximum Gasteiger partial charge on any atom is 0.519 e. The molecule has 2 amide bonds. The fourth-order valence-electron chi connectivity index (χ4n) is 3.53. The number of carbonyl (C=O) groups is 3. The van der Waals surface area contributed by atoms with Crippen LogP contribution in [0.4, 0.5) is 4.79 Å². The van der Waals surface area contributed by atoms with Gasteiger partial charge in [0, 0.05) is 11.8 Å². The fraction of sp³-hybridized carbons (Fsp3) is 0.435. The van der Waals surface area contributed by atoms with Gasteiger partial charge in [-0.2, -0.15) is 10.2 Å². The number of rotatable bonds is 8. The zero-order valence-corrected chi connectivity index (χ0v) is 22.3. The second-order valence-corrected chi connectivity index (χ2v) is 11.6. The van der Waals surface area contributed by atoms with Gasteiger partial charge in [-0.05, 0) is 46.8 Å². The summed E-state index contributed by atoms with van der Waals surface area (Å²) in [6.07, 6.45) is -0.111. The van der Waals surface area contributed by atoms with E-state index >= 15 is 0 Å². The summed E-state index contributed by atoms with van der Waals surface area (Å²) in [7, 11) is -3.55. The average Bonchev–Trinajstić information content (AvgIpc) is 3.22. The minimum absolute atomic E-state index is 0.0130. The van der Waals surface area contributed by atoms with E-state index < -0.39 is 57.9 Å². The molecule has 1 aliphatic rings. The van der Waals surface area contributed by atoms with Crippen molar-refractivity contribution in [3.05, 3.63) is 52.0 Å². The Morgan fingerprint density at radius 1 is 1.16 bits per heavy atom. The Kier molecular flexibility index (Phi) is 7.57. The molecule has 0 fully saturated rings. The summed E-state index contributed by atoms with van der Waals surface area (Å²) < 4.78 is 39.0. The quantitative estimate of drug-likeness (QED) is 0.469. The van der Waals surface area contributed by atoms with Gasteiger partial charge in [0.25, 0.3) is 5.91 Å². The number of hydrazone groups is 1. The van der Waals surface area contributed by atoms with Crippen LogP contribution in [0.1, 0.15) is 44.8 Å². The van der Waals surface area contributed by atoms with Gasteiger partial charge in [0.1, 0.15) is 30.2 Å². The lowest BCUT2D eigenvalue weighted by Gasteiger charge is -2.36. The van der Waals surface area contributed by atoms with Gasteiger partial charge in [-0.3, -0.25) is 14.4 Å². The molecule has 1 aliphatic heterocycles. The lowest BCUT2D eigenvalue weighted by Crippen LogP contribution is -2.60. The molecule has 1 aromatic carbocycles. The lowest BCUT2D eigenvalue weighted by molar-refractivity contribution is -0.199. The van der Waals surface area contributed by atoms with Gasteiger partial charge in [0.05, 0.1) is 4.90 Å². The first-order valence-electron chi connectivity index (χ1n) is 11.1. The number of carbonyl (C=O) groups excluding carboxylic acids is 2. The van der Waals surface area contributed by atoms with Gasteiger partial charge in [0.2, 0.25) is 0 Å². The zero-order chi connectivity index (χ0) is 28.6. The minimum atomic E-state index is -3.55. The third-order valence-electron chi connectivity index (χ3n) is 5.30. The highest BCUT2D eigenvalue weighted by molar-refractivity contribution is 7.90. The van der Waals surface area contributed by atoms with Crippen molar-refractivity contribution in [1.29, 1.82) is 0 Å². The third-order valence-corrected chi connectivity index (χ3v) is 6.43. The number of benzene rings is 1. The summed E-state index contributed by atoms with van der Waals surface area (Å²) in [4.78, 5) is 55.5. The Hall–Kier alpha value is -3.98. The predicted molar refractivity (Wildman–Crippen MR) is 129 cm³/mol. The average molecular weight is 554 g/mol. The fourth-order valence-corrected chi connectivity index (χ4v) is 4.16. The van der Waals surface area contributed by atoms with Crippen molar-refractivity contribution < 1.29 is 46.3 Å². The number of carboxylic acid groups (broad SMARTS) is 1. The van der Waals surface area contributed by atoms with Gasteiger partial charge < -0.3 is 18.7 Å². The summed E-state index contributed by atoms with van der Waals surface area (Å²) in [5.74, 6) is -3.33. The van der Waals surface area contributed by atoms with Crippen molar-refractivity contribution in [2.75, 3.05) is 12.8 Å². The maximum atomic E-state index is 13.6. The number of ether oxygens (including phenoxy) is 1. The number of nitrogens with zero attached hydrogens (tertiary/aromatic N) is 3. The van der Waals surface area contributed by atoms with Crippen LogP contribution in [0.25, 0.3) is 0 Å². The molecule has 15 heteroatoms. The van der Waals surface area contributed by atoms with Crippen LogP contribution in [0.2, 0.25) is 0 Å². The van der Waals surface area contributed by atoms with E-state index in [-0.39, 0.29) is 27.7 Å². The summed E-state index contributed by atoms with van der Waals surface area (Å²) in [5, 5.41) is 14.7. The van der Waals surface area contributed by atoms with Crippen LogP contribution in [0.5, 0.6) is 0 Å². The number of aliphatic carboxylic acids is 1. The van der Waals surface area contributed by atoms with Crippen LogP contribution < -0.4 is 5.82 Å². The van der Waals surface area contributed by atoms with Gasteiger partial charge in [-0.15, -0.1) is 0 Å². The third kappa shape index (κ3) is 5.94.